The van der Waals surface area contributed by atoms with E-state index >= 15 is 0 Å². The fourth-order valence-corrected chi connectivity index (χ4v) is 4.15. The molecule has 0 saturated carbocycles. The first-order valence-corrected chi connectivity index (χ1v) is 8.10. The molecular formula is C13H21F3O3S. The molecule has 2 atom stereocenters. The van der Waals surface area contributed by atoms with Gasteiger partial charge in [0.2, 0.25) is 0 Å². The lowest BCUT2D eigenvalue weighted by Crippen LogP contribution is -2.46. The number of rotatable bonds is 4. The molecule has 2 heterocycles. The number of ether oxygens (including phenoxy) is 2. The predicted octanol–water partition coefficient (Wildman–Crippen LogP) is 2.62. The first-order valence-electron chi connectivity index (χ1n) is 6.94. The average molecular weight is 314 g/mol. The maximum absolute atomic E-state index is 12.0. The van der Waals surface area contributed by atoms with Gasteiger partial charge in [-0.25, -0.2) is 0 Å². The van der Waals surface area contributed by atoms with Crippen molar-refractivity contribution in [2.45, 2.75) is 43.6 Å². The van der Waals surface area contributed by atoms with Crippen molar-refractivity contribution < 1.29 is 27.8 Å². The quantitative estimate of drug-likeness (QED) is 0.866. The third-order valence-electron chi connectivity index (χ3n) is 4.03. The third-order valence-corrected chi connectivity index (χ3v) is 5.02. The number of aliphatic hydroxyl groups is 1. The first-order chi connectivity index (χ1) is 9.40. The molecule has 2 fully saturated rings. The highest BCUT2D eigenvalue weighted by atomic mass is 32.2. The Hall–Kier alpha value is 0.0200. The van der Waals surface area contributed by atoms with E-state index in [1.165, 1.54) is 0 Å². The van der Waals surface area contributed by atoms with Crippen LogP contribution in [0.15, 0.2) is 0 Å². The molecule has 0 bridgehead atoms. The van der Waals surface area contributed by atoms with Crippen LogP contribution >= 0.6 is 11.8 Å². The van der Waals surface area contributed by atoms with Crippen LogP contribution in [0.5, 0.6) is 0 Å². The van der Waals surface area contributed by atoms with E-state index < -0.39 is 18.9 Å². The SMILES string of the molecule is OC(COCC(F)(F)F)C1CCOC2(CCSCC2)C1. The molecule has 2 rings (SSSR count). The topological polar surface area (TPSA) is 38.7 Å². The zero-order valence-electron chi connectivity index (χ0n) is 11.3. The smallest absolute Gasteiger partial charge is 0.390 e. The van der Waals surface area contributed by atoms with E-state index in [0.717, 1.165) is 30.8 Å². The molecule has 1 spiro atoms. The molecule has 0 aromatic heterocycles. The van der Waals surface area contributed by atoms with E-state index in [1.54, 1.807) is 0 Å². The number of aliphatic hydroxyl groups excluding tert-OH is 1. The van der Waals surface area contributed by atoms with Gasteiger partial charge in [0.25, 0.3) is 0 Å². The van der Waals surface area contributed by atoms with Gasteiger partial charge in [0.15, 0.2) is 0 Å². The van der Waals surface area contributed by atoms with E-state index in [9.17, 15) is 18.3 Å². The van der Waals surface area contributed by atoms with Gasteiger partial charge in [-0.1, -0.05) is 0 Å². The molecule has 7 heteroatoms. The molecule has 3 nitrogen and oxygen atoms in total. The van der Waals surface area contributed by atoms with E-state index in [-0.39, 0.29) is 18.1 Å². The molecule has 20 heavy (non-hydrogen) atoms. The van der Waals surface area contributed by atoms with Crippen molar-refractivity contribution in [1.29, 1.82) is 0 Å². The van der Waals surface area contributed by atoms with Gasteiger partial charge < -0.3 is 14.6 Å². The highest BCUT2D eigenvalue weighted by molar-refractivity contribution is 7.99. The third kappa shape index (κ3) is 4.79. The van der Waals surface area contributed by atoms with Crippen molar-refractivity contribution in [2.75, 3.05) is 31.3 Å². The summed E-state index contributed by atoms with van der Waals surface area (Å²) in [5, 5.41) is 10.0. The highest BCUT2D eigenvalue weighted by Crippen LogP contribution is 2.40. The molecule has 1 N–H and O–H groups in total. The Bertz CT molecular complexity index is 300. The van der Waals surface area contributed by atoms with Crippen molar-refractivity contribution in [1.82, 2.24) is 0 Å². The van der Waals surface area contributed by atoms with Crippen LogP contribution in [0.1, 0.15) is 25.7 Å². The minimum Gasteiger partial charge on any atom is -0.390 e. The Morgan fingerprint density at radius 3 is 2.70 bits per heavy atom. The second kappa shape index (κ2) is 6.85. The van der Waals surface area contributed by atoms with Crippen LogP contribution in [0.4, 0.5) is 13.2 Å². The summed E-state index contributed by atoms with van der Waals surface area (Å²) >= 11 is 1.90. The largest absolute Gasteiger partial charge is 0.411 e. The van der Waals surface area contributed by atoms with Crippen LogP contribution in [0.3, 0.4) is 0 Å². The zero-order valence-corrected chi connectivity index (χ0v) is 12.1. The number of halogens is 3. The van der Waals surface area contributed by atoms with Crippen molar-refractivity contribution in [3.63, 3.8) is 0 Å². The Morgan fingerprint density at radius 2 is 2.05 bits per heavy atom. The lowest BCUT2D eigenvalue weighted by Gasteiger charge is -2.44. The van der Waals surface area contributed by atoms with Gasteiger partial charge >= 0.3 is 6.18 Å². The van der Waals surface area contributed by atoms with Crippen molar-refractivity contribution in [2.24, 2.45) is 5.92 Å². The van der Waals surface area contributed by atoms with Gasteiger partial charge in [0, 0.05) is 6.61 Å². The van der Waals surface area contributed by atoms with Gasteiger partial charge in [-0.3, -0.25) is 0 Å². The number of hydrogen-bond acceptors (Lipinski definition) is 4. The second-order valence-corrected chi connectivity index (χ2v) is 6.82. The van der Waals surface area contributed by atoms with Gasteiger partial charge in [0.05, 0.1) is 18.3 Å². The summed E-state index contributed by atoms with van der Waals surface area (Å²) in [5.41, 5.74) is -0.167. The van der Waals surface area contributed by atoms with Crippen LogP contribution in [-0.4, -0.2) is 54.3 Å². The summed E-state index contributed by atoms with van der Waals surface area (Å²) in [7, 11) is 0. The molecule has 0 radical (unpaired) electrons. The summed E-state index contributed by atoms with van der Waals surface area (Å²) in [4.78, 5) is 0. The van der Waals surface area contributed by atoms with Crippen LogP contribution in [0, 0.1) is 5.92 Å². The average Bonchev–Trinajstić information content (AvgIpc) is 2.38. The molecule has 0 aromatic rings. The number of alkyl halides is 3. The van der Waals surface area contributed by atoms with Crippen molar-refractivity contribution in [3.8, 4) is 0 Å². The van der Waals surface area contributed by atoms with Crippen LogP contribution in [-0.2, 0) is 9.47 Å². The molecule has 2 aliphatic heterocycles. The van der Waals surface area contributed by atoms with Crippen molar-refractivity contribution in [3.05, 3.63) is 0 Å². The van der Waals surface area contributed by atoms with Crippen LogP contribution < -0.4 is 0 Å². The van der Waals surface area contributed by atoms with Gasteiger partial charge in [-0.2, -0.15) is 24.9 Å². The normalized spacial score (nSPS) is 28.5. The molecular weight excluding hydrogens is 293 g/mol. The number of hydrogen-bond donors (Lipinski definition) is 1. The molecule has 0 aliphatic carbocycles. The lowest BCUT2D eigenvalue weighted by molar-refractivity contribution is -0.185. The maximum atomic E-state index is 12.0. The lowest BCUT2D eigenvalue weighted by atomic mass is 9.79. The summed E-state index contributed by atoms with van der Waals surface area (Å²) in [6.45, 7) is -0.976. The standard InChI is InChI=1S/C13H21F3O3S/c14-13(15,16)9-18-8-11(17)10-1-4-19-12(7-10)2-5-20-6-3-12/h10-11,17H,1-9H2. The second-order valence-electron chi connectivity index (χ2n) is 5.59. The Morgan fingerprint density at radius 1 is 1.35 bits per heavy atom. The Kier molecular flexibility index (Phi) is 5.62. The van der Waals surface area contributed by atoms with E-state index in [2.05, 4.69) is 4.74 Å². The van der Waals surface area contributed by atoms with E-state index in [4.69, 9.17) is 4.74 Å². The maximum Gasteiger partial charge on any atom is 0.411 e. The van der Waals surface area contributed by atoms with Gasteiger partial charge in [-0.15, -0.1) is 0 Å². The minimum absolute atomic E-state index is 0.0277. The fraction of sp³-hybridized carbons (Fsp3) is 1.00. The molecule has 118 valence electrons. The van der Waals surface area contributed by atoms with Crippen LogP contribution in [0.2, 0.25) is 0 Å². The molecule has 2 unspecified atom stereocenters. The fourth-order valence-electron chi connectivity index (χ4n) is 2.92. The summed E-state index contributed by atoms with van der Waals surface area (Å²) in [6, 6.07) is 0. The van der Waals surface area contributed by atoms with Gasteiger partial charge in [-0.05, 0) is 43.1 Å². The molecule has 0 amide bonds. The predicted molar refractivity (Wildman–Crippen MR) is 70.8 cm³/mol. The highest BCUT2D eigenvalue weighted by Gasteiger charge is 2.41. The molecule has 2 aliphatic rings. The van der Waals surface area contributed by atoms with Crippen LogP contribution in [0.25, 0.3) is 0 Å². The molecule has 2 saturated heterocycles. The van der Waals surface area contributed by atoms with E-state index in [1.807, 2.05) is 11.8 Å². The van der Waals surface area contributed by atoms with Crippen molar-refractivity contribution >= 4 is 11.8 Å². The van der Waals surface area contributed by atoms with E-state index in [0.29, 0.717) is 13.0 Å². The first kappa shape index (κ1) is 16.4. The monoisotopic (exact) mass is 314 g/mol. The minimum atomic E-state index is -4.34. The molecule has 0 aromatic carbocycles. The Balaban J connectivity index is 1.79. The summed E-state index contributed by atoms with van der Waals surface area (Å²) < 4.78 is 46.5. The van der Waals surface area contributed by atoms with Gasteiger partial charge in [0.1, 0.15) is 6.61 Å². The Labute approximate surface area is 121 Å². The zero-order chi connectivity index (χ0) is 14.6. The summed E-state index contributed by atoms with van der Waals surface area (Å²) in [6.07, 6.45) is -1.84. The number of thioether (sulfide) groups is 1. The summed E-state index contributed by atoms with van der Waals surface area (Å²) in [5.74, 6) is 2.07.